The summed E-state index contributed by atoms with van der Waals surface area (Å²) < 4.78 is 11.4. The van der Waals surface area contributed by atoms with Gasteiger partial charge in [-0.05, 0) is 40.2 Å². The molecule has 1 heterocycles. The van der Waals surface area contributed by atoms with E-state index >= 15 is 0 Å². The lowest BCUT2D eigenvalue weighted by Gasteiger charge is -2.10. The summed E-state index contributed by atoms with van der Waals surface area (Å²) in [5.41, 5.74) is 2.87. The summed E-state index contributed by atoms with van der Waals surface area (Å²) in [5.74, 6) is 0.956. The maximum Gasteiger partial charge on any atom is 0.300 e. The number of H-pyrrole nitrogens is 1. The van der Waals surface area contributed by atoms with Crippen LogP contribution >= 0.6 is 15.9 Å². The molecule has 28 heavy (non-hydrogen) atoms. The van der Waals surface area contributed by atoms with Gasteiger partial charge in [0.1, 0.15) is 23.4 Å². The lowest BCUT2D eigenvalue weighted by molar-refractivity contribution is -0.134. The van der Waals surface area contributed by atoms with E-state index < -0.39 is 5.97 Å². The Morgan fingerprint density at radius 1 is 1.25 bits per heavy atom. The Hall–Kier alpha value is -3.31. The molecule has 0 radical (unpaired) electrons. The number of rotatable bonds is 4. The number of fused-ring (bicyclic) bond motifs is 1. The zero-order chi connectivity index (χ0) is 20.7. The van der Waals surface area contributed by atoms with Gasteiger partial charge in [-0.25, -0.2) is 4.98 Å². The Balaban J connectivity index is 0.000000640. The van der Waals surface area contributed by atoms with Crippen molar-refractivity contribution in [1.29, 1.82) is 5.26 Å². The molecule has 0 aliphatic carbocycles. The molecule has 2 N–H and O–H groups in total. The van der Waals surface area contributed by atoms with Gasteiger partial charge in [0.2, 0.25) is 0 Å². The van der Waals surface area contributed by atoms with Crippen LogP contribution < -0.4 is 9.47 Å². The lowest BCUT2D eigenvalue weighted by Crippen LogP contribution is -1.92. The molecule has 0 unspecified atom stereocenters. The van der Waals surface area contributed by atoms with Crippen LogP contribution in [0.15, 0.2) is 40.9 Å². The fourth-order valence-electron chi connectivity index (χ4n) is 2.39. The number of ether oxygens (including phenoxy) is 2. The standard InChI is InChI=1S/C18H14BrN3O2.C2H4O2/c1-23-16-9-17(24-2)13(19)8-11(16)7-12(10-20)18-21-14-5-3-4-6-15(14)22-18;1-2(3)4/h3-9H,1-2H3,(H,21,22);1H3,(H,3,4)/b12-7+;. The number of carbonyl (C=O) groups is 1. The van der Waals surface area contributed by atoms with Crippen LogP contribution in [0.5, 0.6) is 11.5 Å². The van der Waals surface area contributed by atoms with Gasteiger partial charge in [0.25, 0.3) is 5.97 Å². The molecule has 144 valence electrons. The van der Waals surface area contributed by atoms with Crippen LogP contribution in [0.25, 0.3) is 22.7 Å². The Kier molecular flexibility index (Phi) is 7.18. The van der Waals surface area contributed by atoms with Gasteiger partial charge >= 0.3 is 0 Å². The summed E-state index contributed by atoms with van der Waals surface area (Å²) in [4.78, 5) is 16.6. The fourth-order valence-corrected chi connectivity index (χ4v) is 2.91. The lowest BCUT2D eigenvalue weighted by atomic mass is 10.1. The third-order valence-electron chi connectivity index (χ3n) is 3.57. The van der Waals surface area contributed by atoms with Crippen molar-refractivity contribution in [3.8, 4) is 17.6 Å². The average Bonchev–Trinajstić information content (AvgIpc) is 3.09. The molecule has 0 spiro atoms. The Labute approximate surface area is 170 Å². The zero-order valence-electron chi connectivity index (χ0n) is 15.5. The zero-order valence-corrected chi connectivity index (χ0v) is 17.1. The Morgan fingerprint density at radius 3 is 2.46 bits per heavy atom. The van der Waals surface area contributed by atoms with E-state index in [0.29, 0.717) is 22.9 Å². The van der Waals surface area contributed by atoms with Gasteiger partial charge in [-0.15, -0.1) is 0 Å². The maximum absolute atomic E-state index is 9.54. The van der Waals surface area contributed by atoms with Crippen molar-refractivity contribution < 1.29 is 19.4 Å². The molecule has 2 aromatic carbocycles. The number of carboxylic acid groups (broad SMARTS) is 1. The number of allylic oxidation sites excluding steroid dienone is 1. The minimum absolute atomic E-state index is 0.418. The van der Waals surface area contributed by atoms with Gasteiger partial charge in [0.15, 0.2) is 0 Å². The second kappa shape index (κ2) is 9.58. The van der Waals surface area contributed by atoms with Crippen molar-refractivity contribution in [1.82, 2.24) is 9.97 Å². The predicted molar refractivity (Wildman–Crippen MR) is 110 cm³/mol. The molecule has 0 aliphatic heterocycles. The molecular weight excluding hydrogens is 426 g/mol. The number of nitriles is 1. The molecular formula is C20H18BrN3O4. The third kappa shape index (κ3) is 5.11. The smallest absolute Gasteiger partial charge is 0.300 e. The first-order valence-corrected chi connectivity index (χ1v) is 8.86. The monoisotopic (exact) mass is 443 g/mol. The van der Waals surface area contributed by atoms with Crippen molar-refractivity contribution in [2.45, 2.75) is 6.92 Å². The summed E-state index contributed by atoms with van der Waals surface area (Å²) in [7, 11) is 3.16. The van der Waals surface area contributed by atoms with E-state index in [1.54, 1.807) is 26.4 Å². The summed E-state index contributed by atoms with van der Waals surface area (Å²) >= 11 is 3.45. The van der Waals surface area contributed by atoms with E-state index in [1.807, 2.05) is 30.3 Å². The summed E-state index contributed by atoms with van der Waals surface area (Å²) in [5, 5.41) is 17.0. The number of imidazole rings is 1. The normalized spacial score (nSPS) is 10.6. The number of hydrogen-bond acceptors (Lipinski definition) is 5. The second-order valence-corrected chi connectivity index (χ2v) is 6.37. The first kappa shape index (κ1) is 21.0. The number of hydrogen-bond donors (Lipinski definition) is 2. The van der Waals surface area contributed by atoms with Crippen LogP contribution in [-0.2, 0) is 4.79 Å². The second-order valence-electron chi connectivity index (χ2n) is 5.52. The van der Waals surface area contributed by atoms with Crippen molar-refractivity contribution in [3.63, 3.8) is 0 Å². The molecule has 3 rings (SSSR count). The van der Waals surface area contributed by atoms with Crippen molar-refractivity contribution in [3.05, 3.63) is 52.3 Å². The number of nitrogens with zero attached hydrogens (tertiary/aromatic N) is 2. The molecule has 8 heteroatoms. The number of aromatic amines is 1. The van der Waals surface area contributed by atoms with Crippen LogP contribution in [0.2, 0.25) is 0 Å². The molecule has 0 saturated carbocycles. The summed E-state index contributed by atoms with van der Waals surface area (Å²) in [6, 6.07) is 13.5. The van der Waals surface area contributed by atoms with E-state index in [2.05, 4.69) is 32.0 Å². The number of para-hydroxylation sites is 2. The SMILES string of the molecule is CC(=O)O.COc1cc(OC)c(/C=C(\C#N)c2nc3ccccc3[nH]2)cc1Br. The molecule has 1 aromatic heterocycles. The minimum atomic E-state index is -0.833. The summed E-state index contributed by atoms with van der Waals surface area (Å²) in [6.45, 7) is 1.08. The summed E-state index contributed by atoms with van der Waals surface area (Å²) in [6.07, 6.45) is 1.74. The molecule has 7 nitrogen and oxygen atoms in total. The van der Waals surface area contributed by atoms with Crippen LogP contribution in [0.1, 0.15) is 18.3 Å². The van der Waals surface area contributed by atoms with Crippen molar-refractivity contribution in [2.24, 2.45) is 0 Å². The molecule has 0 bridgehead atoms. The predicted octanol–water partition coefficient (Wildman–Crippen LogP) is 4.50. The topological polar surface area (TPSA) is 108 Å². The van der Waals surface area contributed by atoms with Gasteiger partial charge in [-0.1, -0.05) is 12.1 Å². The largest absolute Gasteiger partial charge is 0.496 e. The number of aliphatic carboxylic acids is 1. The van der Waals surface area contributed by atoms with Gasteiger partial charge in [0, 0.05) is 18.6 Å². The highest BCUT2D eigenvalue weighted by molar-refractivity contribution is 9.10. The third-order valence-corrected chi connectivity index (χ3v) is 4.19. The van der Waals surface area contributed by atoms with Crippen LogP contribution in [-0.4, -0.2) is 35.3 Å². The molecule has 0 aliphatic rings. The van der Waals surface area contributed by atoms with Gasteiger partial charge in [0.05, 0.1) is 35.3 Å². The molecule has 0 amide bonds. The Morgan fingerprint density at radius 2 is 1.89 bits per heavy atom. The highest BCUT2D eigenvalue weighted by Crippen LogP contribution is 2.34. The highest BCUT2D eigenvalue weighted by Gasteiger charge is 2.12. The van der Waals surface area contributed by atoms with Gasteiger partial charge < -0.3 is 19.6 Å². The van der Waals surface area contributed by atoms with Crippen molar-refractivity contribution in [2.75, 3.05) is 14.2 Å². The number of methoxy groups -OCH3 is 2. The van der Waals surface area contributed by atoms with Gasteiger partial charge in [-0.3, -0.25) is 4.79 Å². The number of benzene rings is 2. The fraction of sp³-hybridized carbons (Fsp3) is 0.150. The average molecular weight is 444 g/mol. The Bertz CT molecular complexity index is 1030. The van der Waals surface area contributed by atoms with Crippen LogP contribution in [0.3, 0.4) is 0 Å². The minimum Gasteiger partial charge on any atom is -0.496 e. The number of aromatic nitrogens is 2. The van der Waals surface area contributed by atoms with E-state index in [4.69, 9.17) is 19.4 Å². The molecule has 3 aromatic rings. The quantitative estimate of drug-likeness (QED) is 0.574. The number of nitrogens with one attached hydrogen (secondary N) is 1. The first-order chi connectivity index (χ1) is 13.4. The van der Waals surface area contributed by atoms with Crippen LogP contribution in [0.4, 0.5) is 0 Å². The number of carboxylic acids is 1. The molecule has 0 fully saturated rings. The first-order valence-electron chi connectivity index (χ1n) is 8.07. The van der Waals surface area contributed by atoms with E-state index in [1.165, 1.54) is 0 Å². The van der Waals surface area contributed by atoms with Gasteiger partial charge in [-0.2, -0.15) is 5.26 Å². The molecule has 0 atom stereocenters. The van der Waals surface area contributed by atoms with E-state index in [9.17, 15) is 5.26 Å². The van der Waals surface area contributed by atoms with E-state index in [0.717, 1.165) is 28.0 Å². The van der Waals surface area contributed by atoms with Crippen molar-refractivity contribution >= 4 is 44.6 Å². The molecule has 0 saturated heterocycles. The van der Waals surface area contributed by atoms with E-state index in [-0.39, 0.29) is 0 Å². The number of halogens is 1. The van der Waals surface area contributed by atoms with Crippen LogP contribution in [0, 0.1) is 11.3 Å². The highest BCUT2D eigenvalue weighted by atomic mass is 79.9. The maximum atomic E-state index is 9.54.